The molecule has 2 heterocycles. The van der Waals surface area contributed by atoms with Gasteiger partial charge in [0.05, 0.1) is 5.56 Å². The van der Waals surface area contributed by atoms with Gasteiger partial charge in [-0.1, -0.05) is 18.2 Å². The van der Waals surface area contributed by atoms with Crippen LogP contribution in [0.25, 0.3) is 10.1 Å². The van der Waals surface area contributed by atoms with E-state index in [1.54, 1.807) is 11.3 Å². The van der Waals surface area contributed by atoms with Crippen molar-refractivity contribution in [3.63, 3.8) is 0 Å². The van der Waals surface area contributed by atoms with Crippen molar-refractivity contribution in [2.24, 2.45) is 5.73 Å². The van der Waals surface area contributed by atoms with E-state index < -0.39 is 0 Å². The van der Waals surface area contributed by atoms with Crippen molar-refractivity contribution in [1.82, 2.24) is 4.90 Å². The summed E-state index contributed by atoms with van der Waals surface area (Å²) < 4.78 is 1.17. The van der Waals surface area contributed by atoms with Gasteiger partial charge in [-0.05, 0) is 18.9 Å². The summed E-state index contributed by atoms with van der Waals surface area (Å²) in [5.41, 5.74) is 6.76. The van der Waals surface area contributed by atoms with Gasteiger partial charge >= 0.3 is 0 Å². The average molecular weight is 260 g/mol. The van der Waals surface area contributed by atoms with Crippen LogP contribution in [0.4, 0.5) is 0 Å². The summed E-state index contributed by atoms with van der Waals surface area (Å²) >= 11 is 1.63. The highest BCUT2D eigenvalue weighted by Gasteiger charge is 2.23. The van der Waals surface area contributed by atoms with Crippen molar-refractivity contribution in [3.05, 3.63) is 35.2 Å². The fourth-order valence-corrected chi connectivity index (χ4v) is 3.44. The van der Waals surface area contributed by atoms with E-state index in [1.807, 2.05) is 28.5 Å². The molecule has 4 heteroatoms. The summed E-state index contributed by atoms with van der Waals surface area (Å²) in [5, 5.41) is 3.03. The monoisotopic (exact) mass is 260 g/mol. The second-order valence-electron chi connectivity index (χ2n) is 4.80. The van der Waals surface area contributed by atoms with Crippen molar-refractivity contribution in [2.45, 2.75) is 18.9 Å². The third-order valence-electron chi connectivity index (χ3n) is 3.46. The Kier molecular flexibility index (Phi) is 3.06. The molecule has 0 radical (unpaired) electrons. The Balaban J connectivity index is 1.92. The summed E-state index contributed by atoms with van der Waals surface area (Å²) in [4.78, 5) is 14.4. The van der Waals surface area contributed by atoms with E-state index in [4.69, 9.17) is 5.73 Å². The lowest BCUT2D eigenvalue weighted by Gasteiger charge is -2.30. The van der Waals surface area contributed by atoms with Crippen LogP contribution in [0, 0.1) is 0 Å². The van der Waals surface area contributed by atoms with Gasteiger partial charge in [-0.25, -0.2) is 0 Å². The van der Waals surface area contributed by atoms with Crippen LogP contribution in [0.15, 0.2) is 29.6 Å². The van der Waals surface area contributed by atoms with Gasteiger partial charge < -0.3 is 10.6 Å². The highest BCUT2D eigenvalue weighted by Crippen LogP contribution is 2.27. The first kappa shape index (κ1) is 11.7. The fourth-order valence-electron chi connectivity index (χ4n) is 2.51. The summed E-state index contributed by atoms with van der Waals surface area (Å²) in [6.07, 6.45) is 2.03. The third kappa shape index (κ3) is 2.02. The lowest BCUT2D eigenvalue weighted by atomic mass is 10.1. The van der Waals surface area contributed by atoms with Gasteiger partial charge in [0.15, 0.2) is 0 Å². The number of amides is 1. The molecule has 1 aromatic carbocycles. The number of carbonyl (C=O) groups is 1. The Morgan fingerprint density at radius 3 is 3.06 bits per heavy atom. The molecule has 0 saturated carbocycles. The van der Waals surface area contributed by atoms with Crippen molar-refractivity contribution < 1.29 is 4.79 Å². The number of nitrogens with zero attached hydrogens (tertiary/aromatic N) is 1. The second kappa shape index (κ2) is 4.71. The van der Waals surface area contributed by atoms with Crippen LogP contribution >= 0.6 is 11.3 Å². The zero-order chi connectivity index (χ0) is 12.5. The van der Waals surface area contributed by atoms with Gasteiger partial charge in [0, 0.05) is 34.6 Å². The zero-order valence-corrected chi connectivity index (χ0v) is 11.0. The second-order valence-corrected chi connectivity index (χ2v) is 5.71. The molecule has 1 atom stereocenters. The minimum absolute atomic E-state index is 0.127. The van der Waals surface area contributed by atoms with Crippen molar-refractivity contribution in [3.8, 4) is 0 Å². The molecule has 2 N–H and O–H groups in total. The van der Waals surface area contributed by atoms with Crippen molar-refractivity contribution >= 4 is 27.3 Å². The van der Waals surface area contributed by atoms with E-state index in [0.29, 0.717) is 6.54 Å². The minimum Gasteiger partial charge on any atom is -0.337 e. The van der Waals surface area contributed by atoms with Crippen LogP contribution < -0.4 is 5.73 Å². The molecule has 18 heavy (non-hydrogen) atoms. The van der Waals surface area contributed by atoms with Gasteiger partial charge in [-0.3, -0.25) is 4.79 Å². The standard InChI is InChI=1S/C14H16N2OS/c15-10-4-3-7-16(8-10)14(17)12-9-18-13-6-2-1-5-11(12)13/h1-2,5-6,9-10H,3-4,7-8,15H2. The zero-order valence-electron chi connectivity index (χ0n) is 10.1. The number of fused-ring (bicyclic) bond motifs is 1. The molecule has 1 saturated heterocycles. The number of benzene rings is 1. The molecule has 0 bridgehead atoms. The number of carbonyl (C=O) groups excluding carboxylic acids is 1. The molecule has 94 valence electrons. The molecule has 3 rings (SSSR count). The van der Waals surface area contributed by atoms with Crippen LogP contribution in [0.2, 0.25) is 0 Å². The van der Waals surface area contributed by atoms with Gasteiger partial charge in [0.25, 0.3) is 5.91 Å². The summed E-state index contributed by atoms with van der Waals surface area (Å²) in [6, 6.07) is 8.19. The number of rotatable bonds is 1. The smallest absolute Gasteiger partial charge is 0.255 e. The topological polar surface area (TPSA) is 46.3 Å². The van der Waals surface area contributed by atoms with E-state index in [9.17, 15) is 4.79 Å². The number of nitrogens with two attached hydrogens (primary N) is 1. The van der Waals surface area contributed by atoms with Crippen LogP contribution in [-0.2, 0) is 0 Å². The lowest BCUT2D eigenvalue weighted by molar-refractivity contribution is 0.0711. The van der Waals surface area contributed by atoms with E-state index in [0.717, 1.165) is 30.3 Å². The summed E-state index contributed by atoms with van der Waals surface area (Å²) in [5.74, 6) is 0.127. The SMILES string of the molecule is NC1CCCN(C(=O)c2csc3ccccc23)C1. The number of hydrogen-bond acceptors (Lipinski definition) is 3. The maximum Gasteiger partial charge on any atom is 0.255 e. The maximum atomic E-state index is 12.5. The number of piperidine rings is 1. The first-order chi connectivity index (χ1) is 8.75. The largest absolute Gasteiger partial charge is 0.337 e. The minimum atomic E-state index is 0.127. The number of thiophene rings is 1. The fraction of sp³-hybridized carbons (Fsp3) is 0.357. The predicted molar refractivity (Wildman–Crippen MR) is 74.9 cm³/mol. The van der Waals surface area contributed by atoms with Gasteiger partial charge in [0.1, 0.15) is 0 Å². The Morgan fingerprint density at radius 1 is 1.39 bits per heavy atom. The summed E-state index contributed by atoms with van der Waals surface area (Å²) in [7, 11) is 0. The molecule has 0 spiro atoms. The number of hydrogen-bond donors (Lipinski definition) is 1. The van der Waals surface area contributed by atoms with Gasteiger partial charge in [0.2, 0.25) is 0 Å². The van der Waals surface area contributed by atoms with E-state index >= 15 is 0 Å². The van der Waals surface area contributed by atoms with E-state index in [-0.39, 0.29) is 11.9 Å². The molecule has 1 unspecified atom stereocenters. The first-order valence-electron chi connectivity index (χ1n) is 6.27. The third-order valence-corrected chi connectivity index (χ3v) is 4.42. The molecule has 1 fully saturated rings. The molecule has 1 aliphatic heterocycles. The molecular weight excluding hydrogens is 244 g/mol. The molecule has 1 amide bonds. The maximum absolute atomic E-state index is 12.5. The van der Waals surface area contributed by atoms with E-state index in [2.05, 4.69) is 6.07 Å². The van der Waals surface area contributed by atoms with E-state index in [1.165, 1.54) is 4.70 Å². The molecule has 1 aliphatic rings. The van der Waals surface area contributed by atoms with Crippen LogP contribution in [0.1, 0.15) is 23.2 Å². The highest BCUT2D eigenvalue weighted by atomic mass is 32.1. The Labute approximate surface area is 110 Å². The quantitative estimate of drug-likeness (QED) is 0.856. The molecule has 3 nitrogen and oxygen atoms in total. The molecular formula is C14H16N2OS. The van der Waals surface area contributed by atoms with Crippen molar-refractivity contribution in [1.29, 1.82) is 0 Å². The normalized spacial score (nSPS) is 20.3. The van der Waals surface area contributed by atoms with Gasteiger partial charge in [-0.15, -0.1) is 11.3 Å². The average Bonchev–Trinajstić information content (AvgIpc) is 2.82. The Morgan fingerprint density at radius 2 is 2.22 bits per heavy atom. The summed E-state index contributed by atoms with van der Waals surface area (Å²) in [6.45, 7) is 1.51. The van der Waals surface area contributed by atoms with Gasteiger partial charge in [-0.2, -0.15) is 0 Å². The highest BCUT2D eigenvalue weighted by molar-refractivity contribution is 7.17. The number of likely N-dealkylation sites (tertiary alicyclic amines) is 1. The Bertz CT molecular complexity index is 578. The molecule has 2 aromatic rings. The van der Waals surface area contributed by atoms with Crippen molar-refractivity contribution in [2.75, 3.05) is 13.1 Å². The predicted octanol–water partition coefficient (Wildman–Crippen LogP) is 2.46. The molecule has 1 aromatic heterocycles. The lowest BCUT2D eigenvalue weighted by Crippen LogP contribution is -2.45. The Hall–Kier alpha value is -1.39. The first-order valence-corrected chi connectivity index (χ1v) is 7.15. The van der Waals surface area contributed by atoms with Crippen LogP contribution in [0.5, 0.6) is 0 Å². The van der Waals surface area contributed by atoms with Crippen LogP contribution in [0.3, 0.4) is 0 Å². The molecule has 0 aliphatic carbocycles. The van der Waals surface area contributed by atoms with Crippen LogP contribution in [-0.4, -0.2) is 29.9 Å².